The minimum atomic E-state index is 0.387. The Morgan fingerprint density at radius 3 is 2.92 bits per heavy atom. The van der Waals surface area contributed by atoms with E-state index in [9.17, 15) is 5.11 Å². The van der Waals surface area contributed by atoms with Gasteiger partial charge in [-0.15, -0.1) is 11.3 Å². The zero-order valence-electron chi connectivity index (χ0n) is 7.17. The Bertz CT molecular complexity index is 447. The number of benzene rings is 1. The van der Waals surface area contributed by atoms with Crippen LogP contribution in [-0.2, 0) is 5.33 Å². The molecule has 1 N–H and O–H groups in total. The van der Waals surface area contributed by atoms with Gasteiger partial charge in [-0.2, -0.15) is 0 Å². The molecule has 1 heterocycles. The smallest absolute Gasteiger partial charge is 0.124 e. The number of hydrogen-bond acceptors (Lipinski definition) is 2. The first-order valence-electron chi connectivity index (χ1n) is 3.98. The Labute approximate surface area is 89.1 Å². The van der Waals surface area contributed by atoms with Crippen LogP contribution in [0.1, 0.15) is 11.1 Å². The van der Waals surface area contributed by atoms with Crippen molar-refractivity contribution in [1.82, 2.24) is 0 Å². The average molecular weight is 257 g/mol. The molecule has 0 amide bonds. The summed E-state index contributed by atoms with van der Waals surface area (Å²) < 4.78 is 1.19. The van der Waals surface area contributed by atoms with Crippen LogP contribution in [0.25, 0.3) is 10.1 Å². The van der Waals surface area contributed by atoms with E-state index in [1.54, 1.807) is 17.4 Å². The molecule has 68 valence electrons. The number of hydrogen-bond donors (Lipinski definition) is 1. The van der Waals surface area contributed by atoms with Gasteiger partial charge in [-0.05, 0) is 29.5 Å². The third-order valence-electron chi connectivity index (χ3n) is 2.11. The van der Waals surface area contributed by atoms with Crippen molar-refractivity contribution in [2.24, 2.45) is 0 Å². The molecule has 1 aromatic carbocycles. The molecule has 3 heteroatoms. The maximum absolute atomic E-state index is 9.65. The molecule has 2 aromatic rings. The summed E-state index contributed by atoms with van der Waals surface area (Å²) in [5.74, 6) is 0.387. The summed E-state index contributed by atoms with van der Waals surface area (Å²) in [6.45, 7) is 2.02. The van der Waals surface area contributed by atoms with E-state index in [1.165, 1.54) is 10.3 Å². The molecule has 0 fully saturated rings. The first-order valence-corrected chi connectivity index (χ1v) is 5.98. The Hall–Kier alpha value is -0.540. The van der Waals surface area contributed by atoms with Crippen LogP contribution in [0.2, 0.25) is 0 Å². The first-order chi connectivity index (χ1) is 6.24. The topological polar surface area (TPSA) is 20.2 Å². The lowest BCUT2D eigenvalue weighted by atomic mass is 10.1. The monoisotopic (exact) mass is 256 g/mol. The number of aryl methyl sites for hydroxylation is 1. The summed E-state index contributed by atoms with van der Waals surface area (Å²) in [4.78, 5) is 0. The van der Waals surface area contributed by atoms with Crippen molar-refractivity contribution >= 4 is 37.4 Å². The van der Waals surface area contributed by atoms with Gasteiger partial charge in [0.2, 0.25) is 0 Å². The van der Waals surface area contributed by atoms with Crippen molar-refractivity contribution in [3.8, 4) is 5.75 Å². The Kier molecular flexibility index (Phi) is 2.30. The molecule has 0 radical (unpaired) electrons. The fraction of sp³-hybridized carbons (Fsp3) is 0.200. The van der Waals surface area contributed by atoms with E-state index < -0.39 is 0 Å². The molecule has 1 nitrogen and oxygen atoms in total. The summed E-state index contributed by atoms with van der Waals surface area (Å²) >= 11 is 5.13. The predicted molar refractivity (Wildman–Crippen MR) is 60.9 cm³/mol. The molecular formula is C10H9BrOS. The summed E-state index contributed by atoms with van der Waals surface area (Å²) in [7, 11) is 0. The highest BCUT2D eigenvalue weighted by atomic mass is 79.9. The highest BCUT2D eigenvalue weighted by Gasteiger charge is 2.08. The molecule has 0 bridgehead atoms. The second-order valence-corrected chi connectivity index (χ2v) is 4.44. The normalized spacial score (nSPS) is 10.9. The van der Waals surface area contributed by atoms with Crippen LogP contribution < -0.4 is 0 Å². The van der Waals surface area contributed by atoms with E-state index >= 15 is 0 Å². The van der Waals surface area contributed by atoms with E-state index in [2.05, 4.69) is 21.3 Å². The van der Waals surface area contributed by atoms with E-state index in [0.717, 1.165) is 16.3 Å². The number of phenolic OH excluding ortho intramolecular Hbond substituents is 1. The maximum Gasteiger partial charge on any atom is 0.124 e. The van der Waals surface area contributed by atoms with Crippen molar-refractivity contribution in [3.63, 3.8) is 0 Å². The van der Waals surface area contributed by atoms with Gasteiger partial charge < -0.3 is 5.11 Å². The van der Waals surface area contributed by atoms with E-state index in [-0.39, 0.29) is 0 Å². The van der Waals surface area contributed by atoms with Crippen LogP contribution in [0, 0.1) is 6.92 Å². The summed E-state index contributed by atoms with van der Waals surface area (Å²) in [6.07, 6.45) is 0. The molecule has 0 unspecified atom stereocenters. The van der Waals surface area contributed by atoms with Gasteiger partial charge in [0, 0.05) is 15.4 Å². The third kappa shape index (κ3) is 1.36. The van der Waals surface area contributed by atoms with E-state index in [1.807, 2.05) is 13.0 Å². The van der Waals surface area contributed by atoms with Crippen molar-refractivity contribution in [3.05, 3.63) is 28.6 Å². The number of halogens is 1. The van der Waals surface area contributed by atoms with Crippen molar-refractivity contribution in [1.29, 1.82) is 0 Å². The van der Waals surface area contributed by atoms with Crippen LogP contribution in [0.3, 0.4) is 0 Å². The number of fused-ring (bicyclic) bond motifs is 1. The highest BCUT2D eigenvalue weighted by molar-refractivity contribution is 9.08. The molecule has 0 saturated carbocycles. The zero-order chi connectivity index (χ0) is 9.42. The molecule has 0 aliphatic heterocycles. The van der Waals surface area contributed by atoms with Gasteiger partial charge in [-0.3, -0.25) is 0 Å². The summed E-state index contributed by atoms with van der Waals surface area (Å²) in [5, 5.41) is 13.6. The lowest BCUT2D eigenvalue weighted by Crippen LogP contribution is -1.78. The number of aromatic hydroxyl groups is 1. The lowest BCUT2D eigenvalue weighted by Gasteiger charge is -2.01. The van der Waals surface area contributed by atoms with E-state index in [0.29, 0.717) is 5.75 Å². The van der Waals surface area contributed by atoms with Crippen LogP contribution in [0.5, 0.6) is 5.75 Å². The molecular weight excluding hydrogens is 248 g/mol. The fourth-order valence-electron chi connectivity index (χ4n) is 1.44. The van der Waals surface area contributed by atoms with Gasteiger partial charge >= 0.3 is 0 Å². The minimum absolute atomic E-state index is 0.387. The number of thiophene rings is 1. The highest BCUT2D eigenvalue weighted by Crippen LogP contribution is 2.35. The van der Waals surface area contributed by atoms with Crippen molar-refractivity contribution < 1.29 is 5.11 Å². The fourth-order valence-corrected chi connectivity index (χ4v) is 3.18. The number of rotatable bonds is 1. The van der Waals surface area contributed by atoms with Gasteiger partial charge in [0.15, 0.2) is 0 Å². The molecule has 0 spiro atoms. The Balaban J connectivity index is 2.87. The summed E-state index contributed by atoms with van der Waals surface area (Å²) in [5.41, 5.74) is 2.39. The van der Waals surface area contributed by atoms with Gasteiger partial charge in [-0.25, -0.2) is 0 Å². The Morgan fingerprint density at radius 2 is 2.23 bits per heavy atom. The van der Waals surface area contributed by atoms with Crippen LogP contribution in [0.15, 0.2) is 17.5 Å². The molecule has 0 atom stereocenters. The SMILES string of the molecule is Cc1csc2c(CBr)ccc(O)c12. The van der Waals surface area contributed by atoms with Crippen LogP contribution in [-0.4, -0.2) is 5.11 Å². The van der Waals surface area contributed by atoms with Crippen LogP contribution in [0.4, 0.5) is 0 Å². The molecule has 0 saturated heterocycles. The molecule has 13 heavy (non-hydrogen) atoms. The lowest BCUT2D eigenvalue weighted by molar-refractivity contribution is 0.481. The van der Waals surface area contributed by atoms with Crippen molar-refractivity contribution in [2.75, 3.05) is 0 Å². The molecule has 0 aliphatic carbocycles. The van der Waals surface area contributed by atoms with Crippen LogP contribution >= 0.6 is 27.3 Å². The van der Waals surface area contributed by atoms with Crippen molar-refractivity contribution in [2.45, 2.75) is 12.3 Å². The quantitative estimate of drug-likeness (QED) is 0.770. The molecule has 2 rings (SSSR count). The molecule has 0 aliphatic rings. The van der Waals surface area contributed by atoms with Gasteiger partial charge in [0.05, 0.1) is 0 Å². The van der Waals surface area contributed by atoms with Gasteiger partial charge in [-0.1, -0.05) is 22.0 Å². The standard InChI is InChI=1S/C10H9BrOS/c1-6-5-13-10-7(4-11)2-3-8(12)9(6)10/h2-3,5,12H,4H2,1H3. The third-order valence-corrected chi connectivity index (χ3v) is 3.89. The Morgan fingerprint density at radius 1 is 1.46 bits per heavy atom. The predicted octanol–water partition coefficient (Wildman–Crippen LogP) is 3.81. The second kappa shape index (κ2) is 3.31. The minimum Gasteiger partial charge on any atom is -0.507 e. The number of phenols is 1. The summed E-state index contributed by atoms with van der Waals surface area (Å²) in [6, 6.07) is 3.72. The molecule has 1 aromatic heterocycles. The van der Waals surface area contributed by atoms with Gasteiger partial charge in [0.25, 0.3) is 0 Å². The maximum atomic E-state index is 9.65. The second-order valence-electron chi connectivity index (χ2n) is 3.00. The zero-order valence-corrected chi connectivity index (χ0v) is 9.58. The first kappa shape index (κ1) is 9.03. The largest absolute Gasteiger partial charge is 0.507 e. The van der Waals surface area contributed by atoms with E-state index in [4.69, 9.17) is 0 Å². The van der Waals surface area contributed by atoms with Gasteiger partial charge in [0.1, 0.15) is 5.75 Å². The number of alkyl halides is 1. The average Bonchev–Trinajstić information content (AvgIpc) is 2.50.